The van der Waals surface area contributed by atoms with Crippen LogP contribution >= 0.6 is 0 Å². The lowest BCUT2D eigenvalue weighted by atomic mass is 10.2. The van der Waals surface area contributed by atoms with E-state index in [1.54, 1.807) is 19.1 Å². The fourth-order valence-corrected chi connectivity index (χ4v) is 1.23. The average molecular weight is 249 g/mol. The van der Waals surface area contributed by atoms with Gasteiger partial charge in [-0.05, 0) is 24.6 Å². The van der Waals surface area contributed by atoms with Gasteiger partial charge in [-0.15, -0.1) is 0 Å². The van der Waals surface area contributed by atoms with E-state index in [1.807, 2.05) is 0 Å². The number of nitrogens with two attached hydrogens (primary N) is 1. The molecule has 0 spiro atoms. The molecule has 0 aliphatic rings. The molecule has 1 aromatic rings. The molecule has 2 N–H and O–H groups in total. The molecule has 0 amide bonds. The van der Waals surface area contributed by atoms with E-state index < -0.39 is 12.8 Å². The highest BCUT2D eigenvalue weighted by Crippen LogP contribution is 2.30. The smallest absolute Gasteiger partial charge is 0.422 e. The third-order valence-electron chi connectivity index (χ3n) is 1.94. The topological polar surface area (TPSA) is 44.5 Å². The molecule has 17 heavy (non-hydrogen) atoms. The highest BCUT2D eigenvalue weighted by atomic mass is 19.4. The van der Waals surface area contributed by atoms with Crippen LogP contribution in [0.15, 0.2) is 18.2 Å². The zero-order valence-corrected chi connectivity index (χ0v) is 9.38. The Morgan fingerprint density at radius 2 is 1.88 bits per heavy atom. The molecule has 0 unspecified atom stereocenters. The number of halogens is 3. The minimum absolute atomic E-state index is 0.0707. The third kappa shape index (κ3) is 4.52. The summed E-state index contributed by atoms with van der Waals surface area (Å²) in [6.45, 7) is 1.04. The molecule has 0 saturated heterocycles. The summed E-state index contributed by atoms with van der Waals surface area (Å²) in [6, 6.07) is 4.61. The molecule has 3 nitrogen and oxygen atoms in total. The summed E-state index contributed by atoms with van der Waals surface area (Å²) in [5.41, 5.74) is 6.20. The van der Waals surface area contributed by atoms with Gasteiger partial charge in [-0.2, -0.15) is 13.2 Å². The molecule has 0 aromatic heterocycles. The van der Waals surface area contributed by atoms with Crippen molar-refractivity contribution in [2.45, 2.75) is 19.6 Å². The van der Waals surface area contributed by atoms with E-state index in [-0.39, 0.29) is 11.5 Å². The molecular weight excluding hydrogens is 235 g/mol. The standard InChI is InChI=1S/C11H14F3NO2/c1-2-16-10-5-8(6-15)3-4-9(10)17-7-11(12,13)14/h3-5H,2,6-7,15H2,1H3. The van der Waals surface area contributed by atoms with Crippen molar-refractivity contribution in [2.75, 3.05) is 13.2 Å². The Bertz CT molecular complexity index is 366. The van der Waals surface area contributed by atoms with Crippen LogP contribution in [-0.2, 0) is 6.54 Å². The van der Waals surface area contributed by atoms with Gasteiger partial charge in [0.05, 0.1) is 6.61 Å². The molecule has 0 fully saturated rings. The van der Waals surface area contributed by atoms with Crippen LogP contribution < -0.4 is 15.2 Å². The van der Waals surface area contributed by atoms with E-state index in [9.17, 15) is 13.2 Å². The summed E-state index contributed by atoms with van der Waals surface area (Å²) >= 11 is 0. The molecule has 0 atom stereocenters. The molecule has 96 valence electrons. The minimum atomic E-state index is -4.37. The largest absolute Gasteiger partial charge is 0.490 e. The zero-order valence-electron chi connectivity index (χ0n) is 9.38. The number of hydrogen-bond donors (Lipinski definition) is 1. The average Bonchev–Trinajstić information content (AvgIpc) is 2.26. The van der Waals surface area contributed by atoms with Gasteiger partial charge in [-0.3, -0.25) is 0 Å². The molecule has 1 rings (SSSR count). The number of alkyl halides is 3. The second-order valence-corrected chi connectivity index (χ2v) is 3.32. The first kappa shape index (κ1) is 13.6. The van der Waals surface area contributed by atoms with E-state index in [0.29, 0.717) is 13.2 Å². The van der Waals surface area contributed by atoms with Crippen molar-refractivity contribution in [3.8, 4) is 11.5 Å². The molecule has 0 saturated carbocycles. The van der Waals surface area contributed by atoms with Crippen molar-refractivity contribution in [1.82, 2.24) is 0 Å². The number of benzene rings is 1. The first-order chi connectivity index (χ1) is 7.96. The summed E-state index contributed by atoms with van der Waals surface area (Å²) in [5.74, 6) is 0.348. The van der Waals surface area contributed by atoms with Gasteiger partial charge in [0.25, 0.3) is 0 Å². The molecule has 0 aliphatic carbocycles. The quantitative estimate of drug-likeness (QED) is 0.871. The van der Waals surface area contributed by atoms with E-state index in [0.717, 1.165) is 5.56 Å². The van der Waals surface area contributed by atoms with Crippen LogP contribution in [0.25, 0.3) is 0 Å². The van der Waals surface area contributed by atoms with Crippen molar-refractivity contribution in [1.29, 1.82) is 0 Å². The Morgan fingerprint density at radius 1 is 1.18 bits per heavy atom. The van der Waals surface area contributed by atoms with Crippen molar-refractivity contribution in [2.24, 2.45) is 5.73 Å². The van der Waals surface area contributed by atoms with Gasteiger partial charge in [-0.25, -0.2) is 0 Å². The van der Waals surface area contributed by atoms with Gasteiger partial charge in [0.1, 0.15) is 0 Å². The Kier molecular flexibility index (Phi) is 4.62. The second-order valence-electron chi connectivity index (χ2n) is 3.32. The van der Waals surface area contributed by atoms with Crippen molar-refractivity contribution >= 4 is 0 Å². The maximum atomic E-state index is 12.0. The third-order valence-corrected chi connectivity index (χ3v) is 1.94. The van der Waals surface area contributed by atoms with Gasteiger partial charge in [-0.1, -0.05) is 6.07 Å². The Labute approximate surface area is 97.3 Å². The van der Waals surface area contributed by atoms with Gasteiger partial charge < -0.3 is 15.2 Å². The highest BCUT2D eigenvalue weighted by Gasteiger charge is 2.29. The summed E-state index contributed by atoms with van der Waals surface area (Å²) in [7, 11) is 0. The van der Waals surface area contributed by atoms with Crippen LogP contribution in [0.1, 0.15) is 12.5 Å². The first-order valence-electron chi connectivity index (χ1n) is 5.11. The Morgan fingerprint density at radius 3 is 2.41 bits per heavy atom. The van der Waals surface area contributed by atoms with Crippen LogP contribution in [0.4, 0.5) is 13.2 Å². The predicted octanol–water partition coefficient (Wildman–Crippen LogP) is 2.49. The molecular formula is C11H14F3NO2. The van der Waals surface area contributed by atoms with Crippen LogP contribution in [0.5, 0.6) is 11.5 Å². The number of ether oxygens (including phenoxy) is 2. The summed E-state index contributed by atoms with van der Waals surface area (Å²) < 4.78 is 45.9. The number of rotatable bonds is 5. The van der Waals surface area contributed by atoms with E-state index in [1.165, 1.54) is 6.07 Å². The molecule has 0 radical (unpaired) electrons. The lowest BCUT2D eigenvalue weighted by molar-refractivity contribution is -0.153. The number of hydrogen-bond acceptors (Lipinski definition) is 3. The Balaban J connectivity index is 2.82. The predicted molar refractivity (Wildman–Crippen MR) is 57.1 cm³/mol. The van der Waals surface area contributed by atoms with Crippen molar-refractivity contribution < 1.29 is 22.6 Å². The highest BCUT2D eigenvalue weighted by molar-refractivity contribution is 5.43. The summed E-state index contributed by atoms with van der Waals surface area (Å²) in [6.07, 6.45) is -4.37. The van der Waals surface area contributed by atoms with Gasteiger partial charge in [0.15, 0.2) is 18.1 Å². The summed E-state index contributed by atoms with van der Waals surface area (Å²) in [5, 5.41) is 0. The second kappa shape index (κ2) is 5.77. The first-order valence-corrected chi connectivity index (χ1v) is 5.11. The Hall–Kier alpha value is -1.43. The van der Waals surface area contributed by atoms with Crippen LogP contribution in [0.2, 0.25) is 0 Å². The normalized spacial score (nSPS) is 11.4. The van der Waals surface area contributed by atoms with Crippen LogP contribution in [0, 0.1) is 0 Å². The van der Waals surface area contributed by atoms with E-state index in [4.69, 9.17) is 10.5 Å². The summed E-state index contributed by atoms with van der Waals surface area (Å²) in [4.78, 5) is 0. The molecule has 1 aromatic carbocycles. The van der Waals surface area contributed by atoms with E-state index in [2.05, 4.69) is 4.74 Å². The fraction of sp³-hybridized carbons (Fsp3) is 0.455. The van der Waals surface area contributed by atoms with Gasteiger partial charge in [0, 0.05) is 6.54 Å². The van der Waals surface area contributed by atoms with Crippen molar-refractivity contribution in [3.05, 3.63) is 23.8 Å². The lowest BCUT2D eigenvalue weighted by Crippen LogP contribution is -2.19. The van der Waals surface area contributed by atoms with Crippen LogP contribution in [-0.4, -0.2) is 19.4 Å². The van der Waals surface area contributed by atoms with Gasteiger partial charge in [0.2, 0.25) is 0 Å². The monoisotopic (exact) mass is 249 g/mol. The lowest BCUT2D eigenvalue weighted by Gasteiger charge is -2.14. The maximum Gasteiger partial charge on any atom is 0.422 e. The van der Waals surface area contributed by atoms with Crippen LogP contribution in [0.3, 0.4) is 0 Å². The minimum Gasteiger partial charge on any atom is -0.490 e. The molecule has 0 aliphatic heterocycles. The maximum absolute atomic E-state index is 12.0. The SMILES string of the molecule is CCOc1cc(CN)ccc1OCC(F)(F)F. The van der Waals surface area contributed by atoms with Gasteiger partial charge >= 0.3 is 6.18 Å². The van der Waals surface area contributed by atoms with E-state index >= 15 is 0 Å². The molecule has 0 bridgehead atoms. The molecule has 0 heterocycles. The van der Waals surface area contributed by atoms with Crippen molar-refractivity contribution in [3.63, 3.8) is 0 Å². The fourth-order valence-electron chi connectivity index (χ4n) is 1.23. The molecule has 6 heteroatoms. The zero-order chi connectivity index (χ0) is 12.9.